The van der Waals surface area contributed by atoms with Crippen molar-refractivity contribution in [2.24, 2.45) is 5.14 Å². The smallest absolute Gasteiger partial charge is 0.339 e. The van der Waals surface area contributed by atoms with E-state index in [-0.39, 0.29) is 34.4 Å². The van der Waals surface area contributed by atoms with E-state index in [4.69, 9.17) is 9.88 Å². The summed E-state index contributed by atoms with van der Waals surface area (Å²) in [7, 11) is -4.45. The minimum Gasteiger partial charge on any atom is -0.457 e. The predicted molar refractivity (Wildman–Crippen MR) is 86.6 cm³/mol. The summed E-state index contributed by atoms with van der Waals surface area (Å²) in [6.45, 7) is 1.15. The molecule has 0 saturated carbocycles. The largest absolute Gasteiger partial charge is 0.457 e. The second-order valence-electron chi connectivity index (χ2n) is 5.70. The first-order valence-electron chi connectivity index (χ1n) is 7.28. The highest BCUT2D eigenvalue weighted by atomic mass is 32.2. The van der Waals surface area contributed by atoms with Crippen LogP contribution < -0.4 is 5.14 Å². The maximum atomic E-state index is 14.4. The van der Waals surface area contributed by atoms with Crippen molar-refractivity contribution in [3.63, 3.8) is 0 Å². The van der Waals surface area contributed by atoms with Crippen molar-refractivity contribution < 1.29 is 31.1 Å². The standard InChI is InChI=1S/C17H12F3NO4S/c1-8-4-9(2-3-12(8)18)16-11(7-25-17(16)22)10-5-14(20)15(6-13(10)19)26(21,23)24/h2-6H,7H2,1H3,(H2,21,23,24). The average Bonchev–Trinajstić information content (AvgIpc) is 2.92. The van der Waals surface area contributed by atoms with E-state index >= 15 is 0 Å². The Labute approximate surface area is 146 Å². The Balaban J connectivity index is 2.23. The molecule has 2 aromatic carbocycles. The van der Waals surface area contributed by atoms with Crippen LogP contribution in [0.2, 0.25) is 0 Å². The van der Waals surface area contributed by atoms with Gasteiger partial charge in [-0.25, -0.2) is 31.5 Å². The van der Waals surface area contributed by atoms with Crippen molar-refractivity contribution in [2.45, 2.75) is 11.8 Å². The summed E-state index contributed by atoms with van der Waals surface area (Å²) in [4.78, 5) is 11.1. The third-order valence-electron chi connectivity index (χ3n) is 3.95. The number of benzene rings is 2. The molecule has 2 aromatic rings. The van der Waals surface area contributed by atoms with Gasteiger partial charge in [0.2, 0.25) is 10.0 Å². The fraction of sp³-hybridized carbons (Fsp3) is 0.118. The van der Waals surface area contributed by atoms with Crippen LogP contribution in [0.3, 0.4) is 0 Å². The monoisotopic (exact) mass is 383 g/mol. The number of cyclic esters (lactones) is 1. The summed E-state index contributed by atoms with van der Waals surface area (Å²) in [6, 6.07) is 4.93. The van der Waals surface area contributed by atoms with Gasteiger partial charge in [-0.2, -0.15) is 0 Å². The predicted octanol–water partition coefficient (Wildman–Crippen LogP) is 2.53. The number of esters is 1. The van der Waals surface area contributed by atoms with Crippen LogP contribution >= 0.6 is 0 Å². The molecule has 0 unspecified atom stereocenters. The van der Waals surface area contributed by atoms with Crippen molar-refractivity contribution in [1.29, 1.82) is 0 Å². The zero-order chi connectivity index (χ0) is 19.2. The number of hydrogen-bond donors (Lipinski definition) is 1. The summed E-state index contributed by atoms with van der Waals surface area (Å²) in [6.07, 6.45) is 0. The Morgan fingerprint density at radius 2 is 1.73 bits per heavy atom. The van der Waals surface area contributed by atoms with E-state index in [0.717, 1.165) is 6.07 Å². The number of aryl methyl sites for hydroxylation is 1. The van der Waals surface area contributed by atoms with Crippen molar-refractivity contribution in [2.75, 3.05) is 6.61 Å². The van der Waals surface area contributed by atoms with Crippen molar-refractivity contribution >= 4 is 27.1 Å². The minimum absolute atomic E-state index is 0.0263. The fourth-order valence-corrected chi connectivity index (χ4v) is 3.29. The lowest BCUT2D eigenvalue weighted by atomic mass is 9.95. The normalized spacial score (nSPS) is 14.7. The van der Waals surface area contributed by atoms with Crippen LogP contribution in [0.1, 0.15) is 16.7 Å². The molecule has 2 N–H and O–H groups in total. The van der Waals surface area contributed by atoms with Crippen LogP contribution in [0.5, 0.6) is 0 Å². The van der Waals surface area contributed by atoms with E-state index in [9.17, 15) is 26.4 Å². The second-order valence-corrected chi connectivity index (χ2v) is 7.23. The van der Waals surface area contributed by atoms with Crippen LogP contribution in [0.15, 0.2) is 35.2 Å². The molecular weight excluding hydrogens is 371 g/mol. The molecule has 0 radical (unpaired) electrons. The maximum Gasteiger partial charge on any atom is 0.339 e. The third kappa shape index (κ3) is 3.11. The van der Waals surface area contributed by atoms with E-state index < -0.39 is 38.3 Å². The molecule has 136 valence electrons. The molecule has 0 spiro atoms. The average molecular weight is 383 g/mol. The van der Waals surface area contributed by atoms with Crippen molar-refractivity contribution in [1.82, 2.24) is 0 Å². The zero-order valence-corrected chi connectivity index (χ0v) is 14.2. The molecule has 0 aromatic heterocycles. The number of nitrogens with two attached hydrogens (primary N) is 1. The number of sulfonamides is 1. The summed E-state index contributed by atoms with van der Waals surface area (Å²) < 4.78 is 69.5. The second kappa shape index (κ2) is 6.26. The maximum absolute atomic E-state index is 14.4. The Bertz CT molecular complexity index is 1080. The first-order valence-corrected chi connectivity index (χ1v) is 8.83. The van der Waals surface area contributed by atoms with Gasteiger partial charge in [0.15, 0.2) is 0 Å². The Hall–Kier alpha value is -2.65. The number of ether oxygens (including phenoxy) is 1. The van der Waals surface area contributed by atoms with Crippen molar-refractivity contribution in [3.05, 3.63) is 64.5 Å². The zero-order valence-electron chi connectivity index (χ0n) is 13.3. The molecule has 9 heteroatoms. The Morgan fingerprint density at radius 1 is 1.04 bits per heavy atom. The van der Waals surface area contributed by atoms with Gasteiger partial charge < -0.3 is 4.74 Å². The molecule has 0 fully saturated rings. The van der Waals surface area contributed by atoms with E-state index in [1.54, 1.807) is 0 Å². The summed E-state index contributed by atoms with van der Waals surface area (Å²) >= 11 is 0. The molecule has 1 aliphatic rings. The van der Waals surface area contributed by atoms with Gasteiger partial charge in [0.05, 0.1) is 5.57 Å². The third-order valence-corrected chi connectivity index (χ3v) is 4.88. The summed E-state index contributed by atoms with van der Waals surface area (Å²) in [5.74, 6) is -3.61. The molecule has 0 aliphatic carbocycles. The van der Waals surface area contributed by atoms with Crippen molar-refractivity contribution in [3.8, 4) is 0 Å². The van der Waals surface area contributed by atoms with E-state index in [1.807, 2.05) is 0 Å². The molecular formula is C17H12F3NO4S. The van der Waals surface area contributed by atoms with Gasteiger partial charge >= 0.3 is 5.97 Å². The first kappa shape index (κ1) is 18.2. The molecule has 0 amide bonds. The number of carbonyl (C=O) groups is 1. The number of primary sulfonamides is 1. The van der Waals surface area contributed by atoms with E-state index in [2.05, 4.69) is 0 Å². The van der Waals surface area contributed by atoms with Gasteiger partial charge in [0, 0.05) is 11.1 Å². The van der Waals surface area contributed by atoms with Gasteiger partial charge in [-0.15, -0.1) is 0 Å². The molecule has 26 heavy (non-hydrogen) atoms. The molecule has 1 aliphatic heterocycles. The Morgan fingerprint density at radius 3 is 2.35 bits per heavy atom. The lowest BCUT2D eigenvalue weighted by Gasteiger charge is -2.09. The number of rotatable bonds is 3. The van der Waals surface area contributed by atoms with Gasteiger partial charge in [-0.1, -0.05) is 6.07 Å². The molecule has 1 heterocycles. The SMILES string of the molecule is Cc1cc(C2=C(c3cc(F)c(S(N)(=O)=O)cc3F)COC2=O)ccc1F. The lowest BCUT2D eigenvalue weighted by molar-refractivity contribution is -0.133. The summed E-state index contributed by atoms with van der Waals surface area (Å²) in [5.41, 5.74) is 0.174. The molecule has 5 nitrogen and oxygen atoms in total. The fourth-order valence-electron chi connectivity index (χ4n) is 2.69. The number of halogens is 3. The highest BCUT2D eigenvalue weighted by Gasteiger charge is 2.30. The molecule has 0 bridgehead atoms. The summed E-state index contributed by atoms with van der Waals surface area (Å²) in [5, 5.41) is 4.84. The van der Waals surface area contributed by atoms with E-state index in [1.165, 1.54) is 19.1 Å². The van der Waals surface area contributed by atoms with Crippen LogP contribution in [-0.2, 0) is 19.6 Å². The Kier molecular flexibility index (Phi) is 4.37. The molecule has 3 rings (SSSR count). The molecule has 0 saturated heterocycles. The lowest BCUT2D eigenvalue weighted by Crippen LogP contribution is -2.15. The van der Waals surface area contributed by atoms with Crippen LogP contribution in [0.4, 0.5) is 13.2 Å². The number of hydrogen-bond acceptors (Lipinski definition) is 4. The van der Waals surface area contributed by atoms with Crippen LogP contribution in [0, 0.1) is 24.4 Å². The van der Waals surface area contributed by atoms with Crippen LogP contribution in [0.25, 0.3) is 11.1 Å². The van der Waals surface area contributed by atoms with E-state index in [0.29, 0.717) is 12.1 Å². The van der Waals surface area contributed by atoms with Gasteiger partial charge in [-0.3, -0.25) is 0 Å². The number of carbonyl (C=O) groups excluding carboxylic acids is 1. The van der Waals surface area contributed by atoms with Gasteiger partial charge in [-0.05, 0) is 42.3 Å². The highest BCUT2D eigenvalue weighted by molar-refractivity contribution is 7.89. The van der Waals surface area contributed by atoms with Gasteiger partial charge in [0.1, 0.15) is 29.0 Å². The minimum atomic E-state index is -4.45. The molecule has 0 atom stereocenters. The van der Waals surface area contributed by atoms with Gasteiger partial charge in [0.25, 0.3) is 0 Å². The topological polar surface area (TPSA) is 86.5 Å². The highest BCUT2D eigenvalue weighted by Crippen LogP contribution is 2.35. The first-order chi connectivity index (χ1) is 12.1. The van der Waals surface area contributed by atoms with Crippen LogP contribution in [-0.4, -0.2) is 21.0 Å². The quantitative estimate of drug-likeness (QED) is 0.826.